The predicted octanol–water partition coefficient (Wildman–Crippen LogP) is 3.57. The lowest BCUT2D eigenvalue weighted by Gasteiger charge is -2.03. The third kappa shape index (κ3) is 3.88. The maximum absolute atomic E-state index is 13.3. The molecule has 0 aliphatic rings. The number of nitrogens with one attached hydrogen (secondary N) is 1. The van der Waals surface area contributed by atoms with Crippen LogP contribution in [0.15, 0.2) is 36.8 Å². The summed E-state index contributed by atoms with van der Waals surface area (Å²) in [6.07, 6.45) is 0.280. The van der Waals surface area contributed by atoms with Crippen LogP contribution in [0.2, 0.25) is 0 Å². The fourth-order valence-electron chi connectivity index (χ4n) is 1.93. The minimum absolute atomic E-state index is 0.224. The van der Waals surface area contributed by atoms with Crippen molar-refractivity contribution >= 4 is 33.4 Å². The number of hydrogen-bond donors (Lipinski definition) is 1. The van der Waals surface area contributed by atoms with E-state index in [-0.39, 0.29) is 17.9 Å². The van der Waals surface area contributed by atoms with Crippen molar-refractivity contribution in [2.24, 2.45) is 0 Å². The van der Waals surface area contributed by atoms with Gasteiger partial charge in [0.15, 0.2) is 16.5 Å². The molecule has 3 aromatic rings. The molecular weight excluding hydrogens is 401 g/mol. The van der Waals surface area contributed by atoms with Gasteiger partial charge in [-0.15, -0.1) is 0 Å². The summed E-state index contributed by atoms with van der Waals surface area (Å²) >= 11 is 4.44. The van der Waals surface area contributed by atoms with E-state index in [1.807, 2.05) is 0 Å². The van der Waals surface area contributed by atoms with Crippen molar-refractivity contribution in [3.05, 3.63) is 51.5 Å². The summed E-state index contributed by atoms with van der Waals surface area (Å²) in [4.78, 5) is 4.10. The summed E-state index contributed by atoms with van der Waals surface area (Å²) in [5.41, 5.74) is 1.35. The molecule has 0 fully saturated rings. The van der Waals surface area contributed by atoms with Crippen LogP contribution in [0, 0.1) is 18.2 Å². The van der Waals surface area contributed by atoms with Crippen LogP contribution >= 0.6 is 27.7 Å². The lowest BCUT2D eigenvalue weighted by atomic mass is 10.1. The normalized spacial score (nSPS) is 11.0. The second-order valence-electron chi connectivity index (χ2n) is 4.84. The molecule has 1 N–H and O–H groups in total. The third-order valence-electron chi connectivity index (χ3n) is 3.02. The number of aromatic nitrogens is 4. The van der Waals surface area contributed by atoms with Crippen LogP contribution in [0.3, 0.4) is 0 Å². The summed E-state index contributed by atoms with van der Waals surface area (Å²) in [6, 6.07) is 4.60. The lowest BCUT2D eigenvalue weighted by molar-refractivity contribution is 0.298. The molecule has 0 bridgehead atoms. The number of benzene rings is 1. The van der Waals surface area contributed by atoms with E-state index in [1.54, 1.807) is 19.1 Å². The molecule has 2 aromatic heterocycles. The maximum Gasteiger partial charge on any atom is 0.223 e. The summed E-state index contributed by atoms with van der Waals surface area (Å²) in [5.74, 6) is 1.09. The minimum atomic E-state index is -0.347. The Morgan fingerprint density at radius 3 is 2.88 bits per heavy atom. The number of hydrogen-bond acceptors (Lipinski definition) is 8. The Hall–Kier alpha value is -2.07. The summed E-state index contributed by atoms with van der Waals surface area (Å²) in [6.45, 7) is 1.71. The molecule has 124 valence electrons. The van der Waals surface area contributed by atoms with Gasteiger partial charge in [0.2, 0.25) is 5.89 Å². The van der Waals surface area contributed by atoms with Gasteiger partial charge in [0, 0.05) is 13.3 Å². The second-order valence-corrected chi connectivity index (χ2v) is 6.66. The first-order valence-corrected chi connectivity index (χ1v) is 8.57. The van der Waals surface area contributed by atoms with Crippen molar-refractivity contribution in [3.8, 4) is 0 Å². The summed E-state index contributed by atoms with van der Waals surface area (Å²) in [7, 11) is 0. The van der Waals surface area contributed by atoms with Crippen molar-refractivity contribution in [2.75, 3.05) is 0 Å². The van der Waals surface area contributed by atoms with Gasteiger partial charge in [-0.1, -0.05) is 23.0 Å². The number of thioether (sulfide) groups is 1. The topological polar surface area (TPSA) is 102 Å². The third-order valence-corrected chi connectivity index (χ3v) is 4.57. The van der Waals surface area contributed by atoms with Gasteiger partial charge in [-0.2, -0.15) is 4.98 Å². The lowest BCUT2D eigenvalue weighted by Crippen LogP contribution is -2.06. The molecule has 0 amide bonds. The average molecular weight is 412 g/mol. The molecule has 0 unspecified atom stereocenters. The van der Waals surface area contributed by atoms with Crippen LogP contribution in [-0.4, -0.2) is 26.2 Å². The van der Waals surface area contributed by atoms with Crippen LogP contribution in [0.4, 0.5) is 4.39 Å². The predicted molar refractivity (Wildman–Crippen MR) is 87.5 cm³/mol. The van der Waals surface area contributed by atoms with Crippen molar-refractivity contribution in [1.82, 2.24) is 20.5 Å². The van der Waals surface area contributed by atoms with E-state index in [9.17, 15) is 4.39 Å². The monoisotopic (exact) mass is 411 g/mol. The Morgan fingerprint density at radius 1 is 1.33 bits per heavy atom. The first-order valence-electron chi connectivity index (χ1n) is 6.79. The smallest absolute Gasteiger partial charge is 0.223 e. The molecule has 0 saturated carbocycles. The van der Waals surface area contributed by atoms with Gasteiger partial charge in [-0.05, 0) is 43.9 Å². The fraction of sp³-hybridized carbons (Fsp3) is 0.214. The van der Waals surface area contributed by atoms with Gasteiger partial charge < -0.3 is 9.93 Å². The first-order chi connectivity index (χ1) is 11.5. The fourth-order valence-corrected chi connectivity index (χ4v) is 3.12. The average Bonchev–Trinajstić information content (AvgIpc) is 3.17. The van der Waals surface area contributed by atoms with Gasteiger partial charge >= 0.3 is 0 Å². The molecule has 3 rings (SSSR count). The molecule has 0 atom stereocenters. The van der Waals surface area contributed by atoms with E-state index in [0.29, 0.717) is 32.7 Å². The minimum Gasteiger partial charge on any atom is -0.340 e. The number of aryl methyl sites for hydroxylation is 1. The Balaban J connectivity index is 1.69. The Bertz CT molecular complexity index is 882. The maximum atomic E-state index is 13.3. The van der Waals surface area contributed by atoms with Crippen LogP contribution < -0.4 is 0 Å². The Morgan fingerprint density at radius 2 is 2.17 bits per heavy atom. The molecule has 0 radical (unpaired) electrons. The molecule has 0 aliphatic heterocycles. The highest BCUT2D eigenvalue weighted by Crippen LogP contribution is 2.24. The zero-order valence-electron chi connectivity index (χ0n) is 12.4. The van der Waals surface area contributed by atoms with Crippen LogP contribution in [-0.2, 0) is 12.2 Å². The number of halogens is 2. The molecule has 7 nitrogen and oxygen atoms in total. The molecule has 2 heterocycles. The molecular formula is C14H11BrFN5O2S. The van der Waals surface area contributed by atoms with Crippen LogP contribution in [0.1, 0.15) is 23.0 Å². The van der Waals surface area contributed by atoms with Gasteiger partial charge in [-0.25, -0.2) is 9.02 Å². The van der Waals surface area contributed by atoms with E-state index in [2.05, 4.69) is 36.4 Å². The van der Waals surface area contributed by atoms with Gasteiger partial charge in [0.25, 0.3) is 0 Å². The largest absolute Gasteiger partial charge is 0.340 e. The van der Waals surface area contributed by atoms with E-state index in [0.717, 1.165) is 5.56 Å². The van der Waals surface area contributed by atoms with E-state index in [4.69, 9.17) is 14.6 Å². The first kappa shape index (κ1) is 16.8. The number of nitrogens with zero attached hydrogens (tertiary/aromatic N) is 4. The van der Waals surface area contributed by atoms with Crippen molar-refractivity contribution < 1.29 is 13.5 Å². The standard InChI is InChI=1S/C14H11BrFN5O2S/c1-7-18-12(19-22-7)6-24-14-13(20-23-21-14)11(17)5-8-2-3-10(16)9(15)4-8/h2-4,17H,5-6H2,1H3. The molecule has 0 aliphatic carbocycles. The second kappa shape index (κ2) is 7.22. The van der Waals surface area contributed by atoms with E-state index in [1.165, 1.54) is 17.8 Å². The Labute approximate surface area is 148 Å². The van der Waals surface area contributed by atoms with Crippen molar-refractivity contribution in [1.29, 1.82) is 5.41 Å². The molecule has 0 spiro atoms. The van der Waals surface area contributed by atoms with Gasteiger partial charge in [0.1, 0.15) is 5.82 Å². The highest BCUT2D eigenvalue weighted by Gasteiger charge is 2.17. The van der Waals surface area contributed by atoms with Gasteiger partial charge in [0.05, 0.1) is 15.9 Å². The van der Waals surface area contributed by atoms with Crippen molar-refractivity contribution in [2.45, 2.75) is 24.1 Å². The molecule has 10 heteroatoms. The quantitative estimate of drug-likeness (QED) is 0.488. The van der Waals surface area contributed by atoms with Gasteiger partial charge in [-0.3, -0.25) is 0 Å². The number of rotatable bonds is 6. The zero-order chi connectivity index (χ0) is 17.1. The van der Waals surface area contributed by atoms with E-state index >= 15 is 0 Å². The summed E-state index contributed by atoms with van der Waals surface area (Å²) in [5, 5.41) is 20.1. The SMILES string of the molecule is Cc1nc(CSc2nonc2C(=N)Cc2ccc(F)c(Br)c2)no1. The Kier molecular flexibility index (Phi) is 5.05. The highest BCUT2D eigenvalue weighted by atomic mass is 79.9. The van der Waals surface area contributed by atoms with Crippen molar-refractivity contribution in [3.63, 3.8) is 0 Å². The summed E-state index contributed by atoms with van der Waals surface area (Å²) < 4.78 is 23.3. The molecule has 0 saturated heterocycles. The highest BCUT2D eigenvalue weighted by molar-refractivity contribution is 9.10. The van der Waals surface area contributed by atoms with Crippen LogP contribution in [0.5, 0.6) is 0 Å². The molecule has 1 aromatic carbocycles. The molecule has 24 heavy (non-hydrogen) atoms. The zero-order valence-corrected chi connectivity index (χ0v) is 14.8. The van der Waals surface area contributed by atoms with E-state index < -0.39 is 0 Å². The van der Waals surface area contributed by atoms with Crippen LogP contribution in [0.25, 0.3) is 0 Å².